The molecule has 1 aliphatic heterocycles. The summed E-state index contributed by atoms with van der Waals surface area (Å²) in [6.07, 6.45) is 5.28. The van der Waals surface area contributed by atoms with Gasteiger partial charge in [0.05, 0.1) is 18.8 Å². The second-order valence-electron chi connectivity index (χ2n) is 6.71. The Morgan fingerprint density at radius 3 is 2.92 bits per heavy atom. The van der Waals surface area contributed by atoms with Crippen LogP contribution in [0.2, 0.25) is 0 Å². The monoisotopic (exact) mass is 341 g/mol. The second kappa shape index (κ2) is 6.44. The van der Waals surface area contributed by atoms with Crippen molar-refractivity contribution in [3.05, 3.63) is 35.4 Å². The fourth-order valence-electron chi connectivity index (χ4n) is 3.45. The van der Waals surface area contributed by atoms with Crippen molar-refractivity contribution in [2.45, 2.75) is 45.7 Å². The van der Waals surface area contributed by atoms with Crippen molar-refractivity contribution in [3.63, 3.8) is 0 Å². The molecule has 3 aromatic heterocycles. The molecule has 4 heterocycles. The first-order valence-corrected chi connectivity index (χ1v) is 8.69. The standard InChI is InChI=1S/C17H23N7O/c1-11-14(9-18-23(11)3)15-8-13(25-22-15)10-24-7-5-4-6-16(24)17-19-12(2)20-21-17/h8-9,16H,4-7,10H2,1-3H3,(H,19,20,21)/t16-/m0/s1. The van der Waals surface area contributed by atoms with Gasteiger partial charge in [0, 0.05) is 24.4 Å². The van der Waals surface area contributed by atoms with Crippen molar-refractivity contribution < 1.29 is 4.52 Å². The SMILES string of the molecule is Cc1nc([C@@H]2CCCCN2Cc2cc(-c3cnn(C)c3C)no2)n[nH]1. The van der Waals surface area contributed by atoms with Crippen molar-refractivity contribution in [3.8, 4) is 11.3 Å². The van der Waals surface area contributed by atoms with E-state index in [-0.39, 0.29) is 6.04 Å². The van der Waals surface area contributed by atoms with E-state index in [4.69, 9.17) is 4.52 Å². The summed E-state index contributed by atoms with van der Waals surface area (Å²) in [7, 11) is 1.93. The molecule has 0 bridgehead atoms. The lowest BCUT2D eigenvalue weighted by Crippen LogP contribution is -2.33. The van der Waals surface area contributed by atoms with Gasteiger partial charge >= 0.3 is 0 Å². The number of rotatable bonds is 4. The Morgan fingerprint density at radius 2 is 2.20 bits per heavy atom. The predicted octanol–water partition coefficient (Wildman–Crippen LogP) is 2.54. The van der Waals surface area contributed by atoms with Gasteiger partial charge in [-0.05, 0) is 33.2 Å². The van der Waals surface area contributed by atoms with E-state index in [0.717, 1.165) is 47.3 Å². The Labute approximate surface area is 146 Å². The Bertz CT molecular complexity index is 862. The molecular formula is C17H23N7O. The highest BCUT2D eigenvalue weighted by atomic mass is 16.5. The Hall–Kier alpha value is -2.48. The average molecular weight is 341 g/mol. The lowest BCUT2D eigenvalue weighted by atomic mass is 10.0. The van der Waals surface area contributed by atoms with Crippen LogP contribution in [0, 0.1) is 13.8 Å². The molecular weight excluding hydrogens is 318 g/mol. The summed E-state index contributed by atoms with van der Waals surface area (Å²) in [6, 6.07) is 2.24. The topological polar surface area (TPSA) is 88.7 Å². The number of likely N-dealkylation sites (tertiary alicyclic amines) is 1. The maximum Gasteiger partial charge on any atom is 0.167 e. The molecule has 8 heteroatoms. The van der Waals surface area contributed by atoms with Crippen LogP contribution in [0.15, 0.2) is 16.8 Å². The van der Waals surface area contributed by atoms with Crippen LogP contribution >= 0.6 is 0 Å². The minimum atomic E-state index is 0.229. The van der Waals surface area contributed by atoms with Gasteiger partial charge in [0.25, 0.3) is 0 Å². The van der Waals surface area contributed by atoms with Gasteiger partial charge in [-0.1, -0.05) is 11.6 Å². The molecule has 1 N–H and O–H groups in total. The van der Waals surface area contributed by atoms with Crippen molar-refractivity contribution in [2.75, 3.05) is 6.54 Å². The quantitative estimate of drug-likeness (QED) is 0.784. The molecule has 3 aromatic rings. The molecule has 0 aromatic carbocycles. The van der Waals surface area contributed by atoms with Crippen molar-refractivity contribution in [1.82, 2.24) is 35.0 Å². The minimum absolute atomic E-state index is 0.229. The fraction of sp³-hybridized carbons (Fsp3) is 0.529. The number of aromatic amines is 1. The first-order chi connectivity index (χ1) is 12.1. The van der Waals surface area contributed by atoms with E-state index < -0.39 is 0 Å². The zero-order chi connectivity index (χ0) is 17.4. The highest BCUT2D eigenvalue weighted by Gasteiger charge is 2.28. The summed E-state index contributed by atoms with van der Waals surface area (Å²) in [4.78, 5) is 6.91. The average Bonchev–Trinajstić information content (AvgIpc) is 3.31. The zero-order valence-electron chi connectivity index (χ0n) is 14.9. The van der Waals surface area contributed by atoms with Gasteiger partial charge in [-0.15, -0.1) is 0 Å². The Morgan fingerprint density at radius 1 is 1.32 bits per heavy atom. The molecule has 1 saturated heterocycles. The largest absolute Gasteiger partial charge is 0.359 e. The summed E-state index contributed by atoms with van der Waals surface area (Å²) in [6.45, 7) is 5.69. The highest BCUT2D eigenvalue weighted by molar-refractivity contribution is 5.60. The van der Waals surface area contributed by atoms with Crippen LogP contribution in [0.5, 0.6) is 0 Å². The van der Waals surface area contributed by atoms with Crippen LogP contribution in [-0.2, 0) is 13.6 Å². The number of hydrogen-bond donors (Lipinski definition) is 1. The van der Waals surface area contributed by atoms with Crippen molar-refractivity contribution in [2.24, 2.45) is 7.05 Å². The normalized spacial score (nSPS) is 18.8. The van der Waals surface area contributed by atoms with E-state index in [1.165, 1.54) is 12.8 Å². The van der Waals surface area contributed by atoms with Crippen molar-refractivity contribution >= 4 is 0 Å². The molecule has 0 aliphatic carbocycles. The van der Waals surface area contributed by atoms with Crippen LogP contribution in [0.1, 0.15) is 48.4 Å². The molecule has 1 aliphatic rings. The maximum absolute atomic E-state index is 5.60. The summed E-state index contributed by atoms with van der Waals surface area (Å²) in [5.74, 6) is 2.59. The summed E-state index contributed by atoms with van der Waals surface area (Å²) < 4.78 is 7.44. The summed E-state index contributed by atoms with van der Waals surface area (Å²) in [5.41, 5.74) is 2.92. The molecule has 0 amide bonds. The number of aryl methyl sites for hydroxylation is 2. The van der Waals surface area contributed by atoms with Gasteiger partial charge in [0.2, 0.25) is 0 Å². The van der Waals surface area contributed by atoms with Crippen molar-refractivity contribution in [1.29, 1.82) is 0 Å². The molecule has 8 nitrogen and oxygen atoms in total. The zero-order valence-corrected chi connectivity index (χ0v) is 14.9. The van der Waals surface area contributed by atoms with Gasteiger partial charge in [-0.2, -0.15) is 10.2 Å². The van der Waals surface area contributed by atoms with E-state index in [9.17, 15) is 0 Å². The van der Waals surface area contributed by atoms with Crippen LogP contribution in [0.3, 0.4) is 0 Å². The number of piperidine rings is 1. The van der Waals surface area contributed by atoms with E-state index in [1.807, 2.05) is 37.8 Å². The summed E-state index contributed by atoms with van der Waals surface area (Å²) >= 11 is 0. The van der Waals surface area contributed by atoms with Crippen LogP contribution in [-0.4, -0.2) is 41.6 Å². The van der Waals surface area contributed by atoms with Gasteiger partial charge in [-0.3, -0.25) is 14.7 Å². The van der Waals surface area contributed by atoms with E-state index in [2.05, 4.69) is 30.3 Å². The van der Waals surface area contributed by atoms with Gasteiger partial charge in [-0.25, -0.2) is 4.98 Å². The molecule has 0 radical (unpaired) electrons. The molecule has 1 fully saturated rings. The molecule has 0 unspecified atom stereocenters. The summed E-state index contributed by atoms with van der Waals surface area (Å²) in [5, 5.41) is 15.8. The first-order valence-electron chi connectivity index (χ1n) is 8.69. The number of nitrogens with one attached hydrogen (secondary N) is 1. The Balaban J connectivity index is 1.53. The molecule has 25 heavy (non-hydrogen) atoms. The molecule has 4 rings (SSSR count). The first kappa shape index (κ1) is 16.0. The lowest BCUT2D eigenvalue weighted by molar-refractivity contribution is 0.120. The number of hydrogen-bond acceptors (Lipinski definition) is 6. The third-order valence-electron chi connectivity index (χ3n) is 4.96. The third-order valence-corrected chi connectivity index (χ3v) is 4.96. The Kier molecular flexibility index (Phi) is 4.12. The number of H-pyrrole nitrogens is 1. The molecule has 132 valence electrons. The van der Waals surface area contributed by atoms with Gasteiger partial charge in [0.15, 0.2) is 11.6 Å². The van der Waals surface area contributed by atoms with E-state index >= 15 is 0 Å². The third kappa shape index (κ3) is 3.09. The number of nitrogens with zero attached hydrogens (tertiary/aromatic N) is 6. The van der Waals surface area contributed by atoms with E-state index in [1.54, 1.807) is 0 Å². The smallest absolute Gasteiger partial charge is 0.167 e. The minimum Gasteiger partial charge on any atom is -0.359 e. The lowest BCUT2D eigenvalue weighted by Gasteiger charge is -2.33. The molecule has 0 spiro atoms. The highest BCUT2D eigenvalue weighted by Crippen LogP contribution is 2.31. The van der Waals surface area contributed by atoms with Crippen LogP contribution in [0.25, 0.3) is 11.3 Å². The molecule has 0 saturated carbocycles. The van der Waals surface area contributed by atoms with E-state index in [0.29, 0.717) is 6.54 Å². The second-order valence-corrected chi connectivity index (χ2v) is 6.71. The maximum atomic E-state index is 5.60. The van der Waals surface area contributed by atoms with Crippen LogP contribution < -0.4 is 0 Å². The molecule has 1 atom stereocenters. The predicted molar refractivity (Wildman–Crippen MR) is 91.6 cm³/mol. The van der Waals surface area contributed by atoms with Gasteiger partial charge < -0.3 is 4.52 Å². The van der Waals surface area contributed by atoms with Crippen LogP contribution in [0.4, 0.5) is 0 Å². The number of aromatic nitrogens is 6. The van der Waals surface area contributed by atoms with Gasteiger partial charge in [0.1, 0.15) is 11.5 Å². The fourth-order valence-corrected chi connectivity index (χ4v) is 3.45.